The van der Waals surface area contributed by atoms with E-state index >= 15 is 0 Å². The van der Waals surface area contributed by atoms with Gasteiger partial charge in [0.1, 0.15) is 17.1 Å². The third kappa shape index (κ3) is 2.56. The van der Waals surface area contributed by atoms with E-state index in [1.54, 1.807) is 18.2 Å². The van der Waals surface area contributed by atoms with Gasteiger partial charge in [0.05, 0.1) is 6.04 Å². The van der Waals surface area contributed by atoms with Gasteiger partial charge in [-0.2, -0.15) is 5.10 Å². The van der Waals surface area contributed by atoms with Crippen LogP contribution in [0.5, 0.6) is 5.75 Å². The Balaban J connectivity index is 1.91. The highest BCUT2D eigenvalue weighted by Gasteiger charge is 2.41. The average Bonchev–Trinajstić information content (AvgIpc) is 3.17. The van der Waals surface area contributed by atoms with Gasteiger partial charge >= 0.3 is 0 Å². The van der Waals surface area contributed by atoms with Gasteiger partial charge in [-0.1, -0.05) is 42.8 Å². The molecule has 1 aromatic heterocycles. The highest BCUT2D eigenvalue weighted by atomic mass is 35.5. The highest BCUT2D eigenvalue weighted by molar-refractivity contribution is 6.30. The van der Waals surface area contributed by atoms with Gasteiger partial charge in [-0.3, -0.25) is 9.89 Å². The Hall–Kier alpha value is -2.79. The minimum atomic E-state index is -0.261. The number of aromatic amines is 1. The van der Waals surface area contributed by atoms with Crippen molar-refractivity contribution < 1.29 is 9.90 Å². The predicted octanol–water partition coefficient (Wildman–Crippen LogP) is 4.39. The van der Waals surface area contributed by atoms with Crippen molar-refractivity contribution in [3.8, 4) is 17.0 Å². The van der Waals surface area contributed by atoms with Crippen LogP contribution in [0.2, 0.25) is 5.02 Å². The van der Waals surface area contributed by atoms with Crippen LogP contribution in [0.3, 0.4) is 0 Å². The standard InChI is InChI=1S/C20H18ClN3O2/c1-2-11-24-19(12-7-9-13(21)10-8-12)16-17(22-23-18(16)20(24)26)14-5-3-4-6-15(14)25/h3-10,19,25H,2,11H2,1H3,(H,22,23). The summed E-state index contributed by atoms with van der Waals surface area (Å²) in [5.74, 6) is 0.0639. The first kappa shape index (κ1) is 16.7. The molecule has 3 aromatic rings. The van der Waals surface area contributed by atoms with Crippen LogP contribution in [0.1, 0.15) is 41.0 Å². The monoisotopic (exact) mass is 367 g/mol. The molecular formula is C20H18ClN3O2. The zero-order valence-corrected chi connectivity index (χ0v) is 15.0. The van der Waals surface area contributed by atoms with Crippen LogP contribution >= 0.6 is 11.6 Å². The summed E-state index contributed by atoms with van der Waals surface area (Å²) in [6, 6.07) is 14.3. The maximum absolute atomic E-state index is 12.9. The van der Waals surface area contributed by atoms with Crippen molar-refractivity contribution >= 4 is 17.5 Å². The van der Waals surface area contributed by atoms with E-state index in [-0.39, 0.29) is 17.7 Å². The molecular weight excluding hydrogens is 350 g/mol. The van der Waals surface area contributed by atoms with Crippen LogP contribution in [0.25, 0.3) is 11.3 Å². The van der Waals surface area contributed by atoms with Crippen molar-refractivity contribution in [2.45, 2.75) is 19.4 Å². The van der Waals surface area contributed by atoms with Gasteiger partial charge in [-0.25, -0.2) is 0 Å². The summed E-state index contributed by atoms with van der Waals surface area (Å²) in [6.07, 6.45) is 0.847. The molecule has 0 bridgehead atoms. The Morgan fingerprint density at radius 2 is 1.92 bits per heavy atom. The van der Waals surface area contributed by atoms with Gasteiger partial charge in [-0.15, -0.1) is 0 Å². The molecule has 0 saturated carbocycles. The molecule has 5 nitrogen and oxygen atoms in total. The van der Waals surface area contributed by atoms with E-state index in [0.717, 1.165) is 17.5 Å². The maximum Gasteiger partial charge on any atom is 0.273 e. The fourth-order valence-electron chi connectivity index (χ4n) is 3.54. The number of nitrogens with zero attached hydrogens (tertiary/aromatic N) is 2. The average molecular weight is 368 g/mol. The molecule has 2 heterocycles. The highest BCUT2D eigenvalue weighted by Crippen LogP contribution is 2.44. The summed E-state index contributed by atoms with van der Waals surface area (Å²) in [5.41, 5.74) is 3.46. The molecule has 1 aliphatic rings. The Bertz CT molecular complexity index is 965. The number of rotatable bonds is 4. The van der Waals surface area contributed by atoms with Gasteiger partial charge < -0.3 is 10.0 Å². The third-order valence-electron chi connectivity index (χ3n) is 4.67. The second-order valence-electron chi connectivity index (χ2n) is 6.33. The van der Waals surface area contributed by atoms with E-state index < -0.39 is 0 Å². The molecule has 4 rings (SSSR count). The minimum absolute atomic E-state index is 0.0732. The number of aromatic hydroxyl groups is 1. The number of H-pyrrole nitrogens is 1. The van der Waals surface area contributed by atoms with Crippen molar-refractivity contribution in [3.63, 3.8) is 0 Å². The minimum Gasteiger partial charge on any atom is -0.507 e. The molecule has 0 saturated heterocycles. The molecule has 2 N–H and O–H groups in total. The lowest BCUT2D eigenvalue weighted by Gasteiger charge is -2.26. The molecule has 1 unspecified atom stereocenters. The van der Waals surface area contributed by atoms with E-state index in [0.29, 0.717) is 28.5 Å². The summed E-state index contributed by atoms with van der Waals surface area (Å²) < 4.78 is 0. The second kappa shape index (κ2) is 6.50. The van der Waals surface area contributed by atoms with Crippen molar-refractivity contribution in [1.82, 2.24) is 15.1 Å². The van der Waals surface area contributed by atoms with Gasteiger partial charge in [0.25, 0.3) is 5.91 Å². The Kier molecular flexibility index (Phi) is 4.17. The van der Waals surface area contributed by atoms with E-state index in [2.05, 4.69) is 10.2 Å². The number of carbonyl (C=O) groups excluding carboxylic acids is 1. The predicted molar refractivity (Wildman–Crippen MR) is 100 cm³/mol. The zero-order chi connectivity index (χ0) is 18.3. The fourth-order valence-corrected chi connectivity index (χ4v) is 3.67. The van der Waals surface area contributed by atoms with E-state index in [9.17, 15) is 9.90 Å². The number of phenols is 1. The Morgan fingerprint density at radius 1 is 1.19 bits per heavy atom. The first-order valence-electron chi connectivity index (χ1n) is 8.55. The van der Waals surface area contributed by atoms with Gasteiger partial charge in [0.2, 0.25) is 0 Å². The lowest BCUT2D eigenvalue weighted by atomic mass is 9.95. The number of hydrogen-bond donors (Lipinski definition) is 2. The van der Waals surface area contributed by atoms with Crippen molar-refractivity contribution in [3.05, 3.63) is 70.4 Å². The lowest BCUT2D eigenvalue weighted by molar-refractivity contribution is 0.0744. The van der Waals surface area contributed by atoms with Crippen LogP contribution in [-0.4, -0.2) is 32.7 Å². The largest absolute Gasteiger partial charge is 0.507 e. The van der Waals surface area contributed by atoms with E-state index in [1.807, 2.05) is 42.2 Å². The summed E-state index contributed by atoms with van der Waals surface area (Å²) in [6.45, 7) is 2.68. The zero-order valence-electron chi connectivity index (χ0n) is 14.2. The molecule has 0 spiro atoms. The van der Waals surface area contributed by atoms with Gasteiger partial charge in [0.15, 0.2) is 0 Å². The SMILES string of the molecule is CCCN1C(=O)c2[nH]nc(-c3ccccc3O)c2C1c1ccc(Cl)cc1. The number of fused-ring (bicyclic) bond motifs is 1. The summed E-state index contributed by atoms with van der Waals surface area (Å²) in [5, 5.41) is 18.2. The quantitative estimate of drug-likeness (QED) is 0.718. The van der Waals surface area contributed by atoms with Gasteiger partial charge in [0, 0.05) is 22.7 Å². The number of benzene rings is 2. The number of halogens is 1. The first-order chi connectivity index (χ1) is 12.6. The lowest BCUT2D eigenvalue weighted by Crippen LogP contribution is -2.30. The Labute approximate surface area is 156 Å². The van der Waals surface area contributed by atoms with Crippen LogP contribution in [-0.2, 0) is 0 Å². The molecule has 0 fully saturated rings. The summed E-state index contributed by atoms with van der Waals surface area (Å²) in [7, 11) is 0. The number of para-hydroxylation sites is 1. The second-order valence-corrected chi connectivity index (χ2v) is 6.77. The van der Waals surface area contributed by atoms with Gasteiger partial charge in [-0.05, 0) is 36.2 Å². The van der Waals surface area contributed by atoms with Crippen molar-refractivity contribution in [2.24, 2.45) is 0 Å². The molecule has 1 atom stereocenters. The fraction of sp³-hybridized carbons (Fsp3) is 0.200. The van der Waals surface area contributed by atoms with Crippen molar-refractivity contribution in [1.29, 1.82) is 0 Å². The third-order valence-corrected chi connectivity index (χ3v) is 4.93. The van der Waals surface area contributed by atoms with E-state index in [1.165, 1.54) is 0 Å². The molecule has 26 heavy (non-hydrogen) atoms. The molecule has 0 aliphatic carbocycles. The topological polar surface area (TPSA) is 69.2 Å². The maximum atomic E-state index is 12.9. The number of carbonyl (C=O) groups is 1. The number of phenolic OH excluding ortho intramolecular Hbond substituents is 1. The molecule has 132 valence electrons. The number of hydrogen-bond acceptors (Lipinski definition) is 3. The smallest absolute Gasteiger partial charge is 0.273 e. The normalized spacial score (nSPS) is 16.2. The van der Waals surface area contributed by atoms with E-state index in [4.69, 9.17) is 11.6 Å². The summed E-state index contributed by atoms with van der Waals surface area (Å²) in [4.78, 5) is 14.8. The van der Waals surface area contributed by atoms with Crippen LogP contribution in [0, 0.1) is 0 Å². The summed E-state index contributed by atoms with van der Waals surface area (Å²) >= 11 is 6.04. The Morgan fingerprint density at radius 3 is 2.62 bits per heavy atom. The van der Waals surface area contributed by atoms with Crippen LogP contribution < -0.4 is 0 Å². The number of aromatic nitrogens is 2. The molecule has 1 amide bonds. The van der Waals surface area contributed by atoms with Crippen LogP contribution in [0.4, 0.5) is 0 Å². The molecule has 0 radical (unpaired) electrons. The van der Waals surface area contributed by atoms with Crippen molar-refractivity contribution in [2.75, 3.05) is 6.54 Å². The number of nitrogens with one attached hydrogen (secondary N) is 1. The molecule has 6 heteroatoms. The van der Waals surface area contributed by atoms with Crippen LogP contribution in [0.15, 0.2) is 48.5 Å². The molecule has 1 aliphatic heterocycles. The first-order valence-corrected chi connectivity index (χ1v) is 8.92. The molecule has 2 aromatic carbocycles. The number of amides is 1.